The number of nitrogens with zero attached hydrogens (tertiary/aromatic N) is 1. The van der Waals surface area contributed by atoms with E-state index >= 15 is 0 Å². The van der Waals surface area contributed by atoms with E-state index in [1.807, 2.05) is 0 Å². The number of halogens is 2. The van der Waals surface area contributed by atoms with E-state index in [2.05, 4.69) is 21.2 Å². The summed E-state index contributed by atoms with van der Waals surface area (Å²) in [6, 6.07) is 7.24. The monoisotopic (exact) mass is 354 g/mol. The number of hydrogen-bond acceptors (Lipinski definition) is 4. The van der Waals surface area contributed by atoms with Crippen LogP contribution >= 0.6 is 15.9 Å². The van der Waals surface area contributed by atoms with Crippen LogP contribution < -0.4 is 5.32 Å². The third kappa shape index (κ3) is 3.16. The molecule has 0 aliphatic carbocycles. The summed E-state index contributed by atoms with van der Waals surface area (Å²) in [5.74, 6) is -1.96. The van der Waals surface area contributed by atoms with E-state index in [0.717, 1.165) is 18.2 Å². The molecule has 0 spiro atoms. The number of rotatable bonds is 3. The first-order chi connectivity index (χ1) is 9.90. The lowest BCUT2D eigenvalue weighted by Crippen LogP contribution is -2.13. The van der Waals surface area contributed by atoms with Crippen molar-refractivity contribution in [3.8, 4) is 5.75 Å². The number of para-hydroxylation sites is 1. The third-order valence-corrected chi connectivity index (χ3v) is 3.29. The molecule has 6 nitrogen and oxygen atoms in total. The third-order valence-electron chi connectivity index (χ3n) is 2.64. The highest BCUT2D eigenvalue weighted by Crippen LogP contribution is 2.30. The quantitative estimate of drug-likeness (QED) is 0.652. The summed E-state index contributed by atoms with van der Waals surface area (Å²) >= 11 is 3.08. The Morgan fingerprint density at radius 1 is 1.33 bits per heavy atom. The lowest BCUT2D eigenvalue weighted by Gasteiger charge is -2.08. The van der Waals surface area contributed by atoms with Crippen molar-refractivity contribution in [2.75, 3.05) is 5.32 Å². The average Bonchev–Trinajstić information content (AvgIpc) is 2.41. The minimum absolute atomic E-state index is 0.250. The fraction of sp³-hybridized carbons (Fsp3) is 0. The molecule has 0 aliphatic heterocycles. The molecule has 108 valence electrons. The molecule has 2 aromatic rings. The Labute approximate surface area is 126 Å². The van der Waals surface area contributed by atoms with E-state index in [1.54, 1.807) is 0 Å². The molecular weight excluding hydrogens is 347 g/mol. The molecule has 21 heavy (non-hydrogen) atoms. The summed E-state index contributed by atoms with van der Waals surface area (Å²) in [7, 11) is 0. The summed E-state index contributed by atoms with van der Waals surface area (Å²) < 4.78 is 13.3. The lowest BCUT2D eigenvalue weighted by molar-refractivity contribution is -0.385. The van der Waals surface area contributed by atoms with Crippen LogP contribution in [0.3, 0.4) is 0 Å². The van der Waals surface area contributed by atoms with Crippen molar-refractivity contribution in [3.63, 3.8) is 0 Å². The lowest BCUT2D eigenvalue weighted by atomic mass is 10.1. The summed E-state index contributed by atoms with van der Waals surface area (Å²) in [4.78, 5) is 22.0. The Balaban J connectivity index is 2.33. The van der Waals surface area contributed by atoms with Gasteiger partial charge in [-0.3, -0.25) is 14.9 Å². The van der Waals surface area contributed by atoms with Crippen molar-refractivity contribution >= 4 is 33.2 Å². The highest BCUT2D eigenvalue weighted by Gasteiger charge is 2.21. The van der Waals surface area contributed by atoms with Gasteiger partial charge in [-0.05, 0) is 40.2 Å². The van der Waals surface area contributed by atoms with Gasteiger partial charge in [0.1, 0.15) is 5.82 Å². The zero-order valence-electron chi connectivity index (χ0n) is 10.3. The average molecular weight is 355 g/mol. The van der Waals surface area contributed by atoms with Crippen LogP contribution in [0.1, 0.15) is 10.4 Å². The summed E-state index contributed by atoms with van der Waals surface area (Å²) in [6.45, 7) is 0. The molecule has 0 aliphatic rings. The van der Waals surface area contributed by atoms with E-state index in [-0.39, 0.29) is 11.3 Å². The number of hydrogen-bond donors (Lipinski definition) is 2. The van der Waals surface area contributed by atoms with E-state index < -0.39 is 28.1 Å². The molecule has 0 bridgehead atoms. The largest absolute Gasteiger partial charge is 0.502 e. The van der Waals surface area contributed by atoms with Crippen molar-refractivity contribution in [2.24, 2.45) is 0 Å². The van der Waals surface area contributed by atoms with Gasteiger partial charge in [0.2, 0.25) is 5.75 Å². The molecule has 2 N–H and O–H groups in total. The van der Waals surface area contributed by atoms with Gasteiger partial charge in [0.05, 0.1) is 16.2 Å². The van der Waals surface area contributed by atoms with Gasteiger partial charge in [0, 0.05) is 10.5 Å². The Hall–Kier alpha value is -2.48. The molecule has 8 heteroatoms. The van der Waals surface area contributed by atoms with Crippen molar-refractivity contribution in [1.82, 2.24) is 0 Å². The SMILES string of the molecule is O=C(Nc1ccc(F)cc1Br)c1cccc([N+](=O)[O-])c1O. The Bertz CT molecular complexity index is 736. The molecule has 0 radical (unpaired) electrons. The first-order valence-corrected chi connectivity index (χ1v) is 6.42. The molecule has 0 saturated carbocycles. The normalized spacial score (nSPS) is 10.2. The van der Waals surface area contributed by atoms with Gasteiger partial charge in [0.25, 0.3) is 5.91 Å². The van der Waals surface area contributed by atoms with Gasteiger partial charge < -0.3 is 10.4 Å². The fourth-order valence-corrected chi connectivity index (χ4v) is 2.09. The topological polar surface area (TPSA) is 92.5 Å². The number of phenols is 1. The summed E-state index contributed by atoms with van der Waals surface area (Å²) in [5.41, 5.74) is -0.548. The van der Waals surface area contributed by atoms with Gasteiger partial charge in [-0.2, -0.15) is 0 Å². The first-order valence-electron chi connectivity index (χ1n) is 5.63. The number of aromatic hydroxyl groups is 1. The second-order valence-electron chi connectivity index (χ2n) is 4.01. The number of amides is 1. The van der Waals surface area contributed by atoms with Gasteiger partial charge in [-0.25, -0.2) is 4.39 Å². The predicted molar refractivity (Wildman–Crippen MR) is 76.8 cm³/mol. The molecular formula is C13H8BrFN2O4. The molecule has 0 heterocycles. The highest BCUT2D eigenvalue weighted by molar-refractivity contribution is 9.10. The number of carbonyl (C=O) groups excluding carboxylic acids is 1. The molecule has 2 rings (SSSR count). The van der Waals surface area contributed by atoms with E-state index in [4.69, 9.17) is 0 Å². The first kappa shape index (κ1) is 14.9. The highest BCUT2D eigenvalue weighted by atomic mass is 79.9. The molecule has 0 aromatic heterocycles. The Morgan fingerprint density at radius 2 is 2.05 bits per heavy atom. The molecule has 0 saturated heterocycles. The maximum Gasteiger partial charge on any atom is 0.311 e. The van der Waals surface area contributed by atoms with Crippen LogP contribution in [0.4, 0.5) is 15.8 Å². The zero-order valence-corrected chi connectivity index (χ0v) is 11.9. The number of phenolic OH excluding ortho intramolecular Hbond substituents is 1. The zero-order chi connectivity index (χ0) is 15.6. The number of anilines is 1. The van der Waals surface area contributed by atoms with Crippen molar-refractivity contribution in [3.05, 3.63) is 62.4 Å². The number of nitro benzene ring substituents is 1. The van der Waals surface area contributed by atoms with Gasteiger partial charge in [-0.1, -0.05) is 6.07 Å². The van der Waals surface area contributed by atoms with E-state index in [9.17, 15) is 24.4 Å². The van der Waals surface area contributed by atoms with Crippen molar-refractivity contribution in [2.45, 2.75) is 0 Å². The van der Waals surface area contributed by atoms with Crippen LogP contribution in [0.25, 0.3) is 0 Å². The van der Waals surface area contributed by atoms with Gasteiger partial charge >= 0.3 is 5.69 Å². The van der Waals surface area contributed by atoms with Crippen molar-refractivity contribution < 1.29 is 19.2 Å². The van der Waals surface area contributed by atoms with Crippen LogP contribution in [0.5, 0.6) is 5.75 Å². The molecule has 1 amide bonds. The Kier molecular flexibility index (Phi) is 4.18. The summed E-state index contributed by atoms with van der Waals surface area (Å²) in [5, 5.41) is 22.9. The van der Waals surface area contributed by atoms with Crippen molar-refractivity contribution in [1.29, 1.82) is 0 Å². The van der Waals surface area contributed by atoms with Gasteiger partial charge in [-0.15, -0.1) is 0 Å². The second kappa shape index (κ2) is 5.88. The minimum atomic E-state index is -0.792. The van der Waals surface area contributed by atoms with Crippen LogP contribution in [-0.2, 0) is 0 Å². The number of benzene rings is 2. The maximum atomic E-state index is 13.0. The van der Waals surface area contributed by atoms with Gasteiger partial charge in [0.15, 0.2) is 0 Å². The van der Waals surface area contributed by atoms with Crippen LogP contribution in [0.2, 0.25) is 0 Å². The predicted octanol–water partition coefficient (Wildman–Crippen LogP) is 3.45. The number of nitro groups is 1. The molecule has 0 atom stereocenters. The van der Waals surface area contributed by atoms with Crippen LogP contribution in [0, 0.1) is 15.9 Å². The Morgan fingerprint density at radius 3 is 2.67 bits per heavy atom. The van der Waals surface area contributed by atoms with Crippen LogP contribution in [0.15, 0.2) is 40.9 Å². The molecule has 0 unspecified atom stereocenters. The van der Waals surface area contributed by atoms with E-state index in [1.165, 1.54) is 18.2 Å². The smallest absolute Gasteiger partial charge is 0.311 e. The minimum Gasteiger partial charge on any atom is -0.502 e. The second-order valence-corrected chi connectivity index (χ2v) is 4.86. The van der Waals surface area contributed by atoms with E-state index in [0.29, 0.717) is 4.47 Å². The summed E-state index contributed by atoms with van der Waals surface area (Å²) in [6.07, 6.45) is 0. The molecule has 2 aromatic carbocycles. The molecule has 0 fully saturated rings. The maximum absolute atomic E-state index is 13.0. The van der Waals surface area contributed by atoms with Crippen LogP contribution in [-0.4, -0.2) is 15.9 Å². The standard InChI is InChI=1S/C13H8BrFN2O4/c14-9-6-7(15)4-5-10(9)16-13(19)8-2-1-3-11(12(8)18)17(20)21/h1-6,18H,(H,16,19). The fourth-order valence-electron chi connectivity index (χ4n) is 1.64. The number of nitrogens with one attached hydrogen (secondary N) is 1. The number of carbonyl (C=O) groups is 1.